The van der Waals surface area contributed by atoms with Crippen LogP contribution in [0.3, 0.4) is 0 Å². The average Bonchev–Trinajstić information content (AvgIpc) is 1.41. The van der Waals surface area contributed by atoms with Gasteiger partial charge in [-0.15, -0.1) is 0 Å². The van der Waals surface area contributed by atoms with Gasteiger partial charge in [-0.3, -0.25) is 4.70 Å². The fourth-order valence-electron chi connectivity index (χ4n) is 0.136. The minimum atomic E-state index is 0. The van der Waals surface area contributed by atoms with E-state index in [-0.39, 0.29) is 4.70 Å². The third-order valence-electron chi connectivity index (χ3n) is 0.329. The van der Waals surface area contributed by atoms with E-state index >= 15 is 0 Å². The van der Waals surface area contributed by atoms with Crippen molar-refractivity contribution in [3.63, 3.8) is 0 Å². The predicted octanol–water partition coefficient (Wildman–Crippen LogP) is 1.90. The molecule has 0 aliphatic rings. The number of hydrogen-bond donors (Lipinski definition) is 0. The van der Waals surface area contributed by atoms with Crippen LogP contribution in [0, 0.1) is 0 Å². The summed E-state index contributed by atoms with van der Waals surface area (Å²) < 4.78 is 0. The zero-order valence-electron chi connectivity index (χ0n) is 3.85. The van der Waals surface area contributed by atoms with Gasteiger partial charge < -0.3 is 0 Å². The molecular weight excluding hydrogens is 79.1 g/mol. The molecule has 36 valence electrons. The maximum absolute atomic E-state index is 3.46. The monoisotopic (exact) mass is 88.1 g/mol. The van der Waals surface area contributed by atoms with E-state index in [0.717, 1.165) is 0 Å². The molecule has 0 N–H and O–H groups in total. The molecule has 0 aromatic rings. The Balaban J connectivity index is 0. The van der Waals surface area contributed by atoms with Gasteiger partial charge in [-0.25, -0.2) is 0 Å². The topological polar surface area (TPSA) is 0 Å². The van der Waals surface area contributed by atoms with Crippen LogP contribution in [0.2, 0.25) is 0 Å². The van der Waals surface area contributed by atoms with Crippen molar-refractivity contribution in [3.05, 3.63) is 24.8 Å². The molecule has 0 spiro atoms. The van der Waals surface area contributed by atoms with E-state index < -0.39 is 0 Å². The van der Waals surface area contributed by atoms with Crippen molar-refractivity contribution < 1.29 is 4.70 Å². The third kappa shape index (κ3) is 9.96. The first-order valence-electron chi connectivity index (χ1n) is 1.65. The van der Waals surface area contributed by atoms with Gasteiger partial charge in [0.25, 0.3) is 0 Å². The Morgan fingerprint density at radius 1 is 1.50 bits per heavy atom. The standard InChI is InChI=1S/C5H8.FH/c1-3-5-4-2;/h3-5H,1H2,2H3;1H. The van der Waals surface area contributed by atoms with Gasteiger partial charge in [0.15, 0.2) is 0 Å². The fourth-order valence-corrected chi connectivity index (χ4v) is 0.136. The highest BCUT2D eigenvalue weighted by Gasteiger charge is 1.42. The van der Waals surface area contributed by atoms with E-state index in [2.05, 4.69) is 6.58 Å². The molecule has 0 aromatic heterocycles. The molecule has 0 aliphatic heterocycles. The molecule has 0 saturated carbocycles. The molecule has 1 heteroatoms. The minimum Gasteiger partial charge on any atom is -0.269 e. The predicted molar refractivity (Wildman–Crippen MR) is 27.5 cm³/mol. The summed E-state index contributed by atoms with van der Waals surface area (Å²) in [6, 6.07) is 0. The maximum Gasteiger partial charge on any atom is -0.0467 e. The molecule has 0 aromatic carbocycles. The van der Waals surface area contributed by atoms with Crippen LogP contribution in [-0.4, -0.2) is 0 Å². The molecule has 0 amide bonds. The van der Waals surface area contributed by atoms with E-state index in [9.17, 15) is 0 Å². The highest BCUT2D eigenvalue weighted by atomic mass is 19.0. The SMILES string of the molecule is C=CC=CC.F. The van der Waals surface area contributed by atoms with Crippen LogP contribution in [0.4, 0.5) is 4.70 Å². The van der Waals surface area contributed by atoms with Crippen molar-refractivity contribution >= 4 is 0 Å². The maximum atomic E-state index is 3.46. The van der Waals surface area contributed by atoms with Crippen LogP contribution >= 0.6 is 0 Å². The highest BCUT2D eigenvalue weighted by molar-refractivity contribution is 4.94. The van der Waals surface area contributed by atoms with Gasteiger partial charge in [0.2, 0.25) is 0 Å². The van der Waals surface area contributed by atoms with Crippen LogP contribution in [0.25, 0.3) is 0 Å². The van der Waals surface area contributed by atoms with Gasteiger partial charge in [-0.1, -0.05) is 24.8 Å². The number of allylic oxidation sites excluding steroid dienone is 3. The van der Waals surface area contributed by atoms with Crippen LogP contribution < -0.4 is 0 Å². The van der Waals surface area contributed by atoms with Crippen molar-refractivity contribution in [1.82, 2.24) is 0 Å². The van der Waals surface area contributed by atoms with Crippen molar-refractivity contribution in [2.45, 2.75) is 6.92 Å². The molecule has 0 fully saturated rings. The van der Waals surface area contributed by atoms with Gasteiger partial charge in [-0.2, -0.15) is 0 Å². The fraction of sp³-hybridized carbons (Fsp3) is 0.200. The average molecular weight is 88.1 g/mol. The zero-order chi connectivity index (χ0) is 4.12. The van der Waals surface area contributed by atoms with E-state index in [4.69, 9.17) is 0 Å². The zero-order valence-corrected chi connectivity index (χ0v) is 3.85. The van der Waals surface area contributed by atoms with Crippen LogP contribution in [-0.2, 0) is 0 Å². The first-order chi connectivity index (χ1) is 2.41. The second-order valence-electron chi connectivity index (χ2n) is 0.761. The Bertz CT molecular complexity index is 45.9. The second kappa shape index (κ2) is 8.83. The number of halogens is 1. The van der Waals surface area contributed by atoms with Crippen LogP contribution in [0.1, 0.15) is 6.92 Å². The summed E-state index contributed by atoms with van der Waals surface area (Å²) in [5.41, 5.74) is 0. The summed E-state index contributed by atoms with van der Waals surface area (Å²) in [6.07, 6.45) is 5.58. The first kappa shape index (κ1) is 9.05. The lowest BCUT2D eigenvalue weighted by molar-refractivity contribution is 1.11. The number of hydrogen-bond acceptors (Lipinski definition) is 0. The van der Waals surface area contributed by atoms with Gasteiger partial charge in [0.05, 0.1) is 0 Å². The Morgan fingerprint density at radius 3 is 2.00 bits per heavy atom. The molecule has 6 heavy (non-hydrogen) atoms. The van der Waals surface area contributed by atoms with Crippen LogP contribution in [0.5, 0.6) is 0 Å². The van der Waals surface area contributed by atoms with Gasteiger partial charge in [-0.05, 0) is 6.92 Å². The first-order valence-corrected chi connectivity index (χ1v) is 1.65. The summed E-state index contributed by atoms with van der Waals surface area (Å²) in [5.74, 6) is 0. The largest absolute Gasteiger partial charge is 0.269 e. The van der Waals surface area contributed by atoms with E-state index in [1.807, 2.05) is 19.1 Å². The molecular formula is C5H9F. The van der Waals surface area contributed by atoms with Crippen molar-refractivity contribution in [1.29, 1.82) is 0 Å². The summed E-state index contributed by atoms with van der Waals surface area (Å²) in [7, 11) is 0. The number of rotatable bonds is 1. The Labute approximate surface area is 37.5 Å². The Kier molecular flexibility index (Phi) is 13.3. The molecule has 0 atom stereocenters. The van der Waals surface area contributed by atoms with Gasteiger partial charge >= 0.3 is 0 Å². The lowest BCUT2D eigenvalue weighted by atomic mass is 10.5. The summed E-state index contributed by atoms with van der Waals surface area (Å²) in [4.78, 5) is 0. The Morgan fingerprint density at radius 2 is 2.00 bits per heavy atom. The molecule has 0 bridgehead atoms. The van der Waals surface area contributed by atoms with Crippen molar-refractivity contribution in [2.24, 2.45) is 0 Å². The van der Waals surface area contributed by atoms with Gasteiger partial charge in [0, 0.05) is 0 Å². The lowest BCUT2D eigenvalue weighted by Gasteiger charge is -1.56. The molecule has 0 unspecified atom stereocenters. The molecule has 0 saturated heterocycles. The van der Waals surface area contributed by atoms with E-state index in [0.29, 0.717) is 0 Å². The van der Waals surface area contributed by atoms with E-state index in [1.54, 1.807) is 6.08 Å². The molecule has 0 radical (unpaired) electrons. The summed E-state index contributed by atoms with van der Waals surface area (Å²) >= 11 is 0. The van der Waals surface area contributed by atoms with E-state index in [1.165, 1.54) is 0 Å². The summed E-state index contributed by atoms with van der Waals surface area (Å²) in [6.45, 7) is 5.42. The normalized spacial score (nSPS) is 7.50. The highest BCUT2D eigenvalue weighted by Crippen LogP contribution is 1.64. The summed E-state index contributed by atoms with van der Waals surface area (Å²) in [5, 5.41) is 0. The minimum absolute atomic E-state index is 0. The quantitative estimate of drug-likeness (QED) is 0.429. The Hall–Kier alpha value is -0.590. The van der Waals surface area contributed by atoms with Crippen molar-refractivity contribution in [2.75, 3.05) is 0 Å². The molecule has 0 aliphatic carbocycles. The second-order valence-corrected chi connectivity index (χ2v) is 0.761. The van der Waals surface area contributed by atoms with Crippen molar-refractivity contribution in [3.8, 4) is 0 Å². The molecule has 0 rings (SSSR count). The smallest absolute Gasteiger partial charge is 0.0467 e. The van der Waals surface area contributed by atoms with Gasteiger partial charge in [0.1, 0.15) is 0 Å². The lowest BCUT2D eigenvalue weighted by Crippen LogP contribution is -1.33. The molecule has 0 heterocycles. The van der Waals surface area contributed by atoms with Crippen LogP contribution in [0.15, 0.2) is 24.8 Å². The molecule has 0 nitrogen and oxygen atoms in total. The third-order valence-corrected chi connectivity index (χ3v) is 0.329.